The zero-order valence-corrected chi connectivity index (χ0v) is 16.6. The molecule has 0 aromatic heterocycles. The van der Waals surface area contributed by atoms with Crippen LogP contribution in [0.2, 0.25) is 0 Å². The Balaban J connectivity index is 1.66. The Morgan fingerprint density at radius 3 is 2.28 bits per heavy atom. The van der Waals surface area contributed by atoms with Crippen LogP contribution < -0.4 is 4.90 Å². The Morgan fingerprint density at radius 2 is 1.59 bits per heavy atom. The van der Waals surface area contributed by atoms with Crippen LogP contribution in [0.3, 0.4) is 0 Å². The molecule has 0 bridgehead atoms. The molecule has 4 atom stereocenters. The zero-order chi connectivity index (χ0) is 20.4. The van der Waals surface area contributed by atoms with Crippen LogP contribution in [0, 0.1) is 25.7 Å². The molecule has 146 valence electrons. The molecule has 2 aromatic carbocycles. The third-order valence-electron chi connectivity index (χ3n) is 6.34. The number of nitrogens with zero attached hydrogens (tertiary/aromatic N) is 2. The van der Waals surface area contributed by atoms with Gasteiger partial charge in [0.1, 0.15) is 0 Å². The van der Waals surface area contributed by atoms with E-state index >= 15 is 0 Å². The number of ketones is 1. The lowest BCUT2D eigenvalue weighted by molar-refractivity contribution is -0.129. The maximum atomic E-state index is 13.6. The van der Waals surface area contributed by atoms with Crippen LogP contribution in [-0.4, -0.2) is 28.5 Å². The summed E-state index contributed by atoms with van der Waals surface area (Å²) in [4.78, 5) is 42.9. The lowest BCUT2D eigenvalue weighted by atomic mass is 9.84. The van der Waals surface area contributed by atoms with Gasteiger partial charge >= 0.3 is 0 Å². The van der Waals surface area contributed by atoms with Gasteiger partial charge in [0.25, 0.3) is 0 Å². The molecule has 29 heavy (non-hydrogen) atoms. The molecule has 5 rings (SSSR count). The summed E-state index contributed by atoms with van der Waals surface area (Å²) in [6.07, 6.45) is 3.83. The summed E-state index contributed by atoms with van der Waals surface area (Å²) in [5, 5.41) is 0. The van der Waals surface area contributed by atoms with E-state index in [4.69, 9.17) is 0 Å². The zero-order valence-electron chi connectivity index (χ0n) is 16.6. The maximum Gasteiger partial charge on any atom is 0.240 e. The molecule has 2 saturated heterocycles. The Bertz CT molecular complexity index is 1080. The van der Waals surface area contributed by atoms with Crippen molar-refractivity contribution in [3.05, 3.63) is 70.9 Å². The van der Waals surface area contributed by atoms with Gasteiger partial charge in [0.05, 0.1) is 29.6 Å². The number of fused-ring (bicyclic) bond motifs is 5. The Kier molecular flexibility index (Phi) is 3.78. The number of aryl methyl sites for hydroxylation is 2. The van der Waals surface area contributed by atoms with Crippen molar-refractivity contribution < 1.29 is 14.4 Å². The van der Waals surface area contributed by atoms with Gasteiger partial charge in [0.2, 0.25) is 11.8 Å². The molecular formula is C24H22N2O3. The average molecular weight is 386 g/mol. The van der Waals surface area contributed by atoms with E-state index < -0.39 is 17.9 Å². The van der Waals surface area contributed by atoms with Crippen molar-refractivity contribution in [3.8, 4) is 0 Å². The third-order valence-corrected chi connectivity index (χ3v) is 6.34. The molecule has 2 aromatic rings. The number of carbonyl (C=O) groups is 3. The lowest BCUT2D eigenvalue weighted by Gasteiger charge is -2.35. The number of Topliss-reactive ketones (excluding diaryl/α,β-unsaturated/α-hetero) is 1. The van der Waals surface area contributed by atoms with Crippen molar-refractivity contribution in [2.24, 2.45) is 11.8 Å². The molecule has 5 nitrogen and oxygen atoms in total. The van der Waals surface area contributed by atoms with E-state index in [1.807, 2.05) is 73.5 Å². The highest BCUT2D eigenvalue weighted by Crippen LogP contribution is 2.53. The van der Waals surface area contributed by atoms with Gasteiger partial charge in [-0.05, 0) is 61.2 Å². The number of hydrogen-bond donors (Lipinski definition) is 0. The summed E-state index contributed by atoms with van der Waals surface area (Å²) in [5.74, 6) is -1.81. The molecule has 0 N–H and O–H groups in total. The van der Waals surface area contributed by atoms with Crippen LogP contribution in [0.1, 0.15) is 35.2 Å². The predicted molar refractivity (Wildman–Crippen MR) is 110 cm³/mol. The van der Waals surface area contributed by atoms with Crippen molar-refractivity contribution in [2.75, 3.05) is 4.90 Å². The van der Waals surface area contributed by atoms with Crippen molar-refractivity contribution in [1.82, 2.24) is 4.90 Å². The standard InChI is InChI=1S/C24H22N2O3/c1-13-10-14(2)12-17(11-13)26-23(28)19-20(24(26)29)22-18-7-5-4-6-16(18)8-9-25(22)21(19)15(3)27/h4-12,19-22H,1-3H3. The van der Waals surface area contributed by atoms with Gasteiger partial charge in [-0.15, -0.1) is 0 Å². The van der Waals surface area contributed by atoms with Crippen molar-refractivity contribution in [3.63, 3.8) is 0 Å². The predicted octanol–water partition coefficient (Wildman–Crippen LogP) is 3.41. The van der Waals surface area contributed by atoms with Crippen LogP contribution >= 0.6 is 0 Å². The molecule has 3 aliphatic heterocycles. The van der Waals surface area contributed by atoms with Crippen molar-refractivity contribution in [2.45, 2.75) is 32.9 Å². The molecular weight excluding hydrogens is 364 g/mol. The van der Waals surface area contributed by atoms with Gasteiger partial charge in [-0.1, -0.05) is 30.3 Å². The van der Waals surface area contributed by atoms with Crippen LogP contribution in [-0.2, 0) is 14.4 Å². The van der Waals surface area contributed by atoms with E-state index in [-0.39, 0.29) is 23.6 Å². The van der Waals surface area contributed by atoms with Crippen LogP contribution in [0.15, 0.2) is 48.7 Å². The van der Waals surface area contributed by atoms with Gasteiger partial charge < -0.3 is 4.90 Å². The van der Waals surface area contributed by atoms with Crippen LogP contribution in [0.5, 0.6) is 0 Å². The minimum Gasteiger partial charge on any atom is -0.359 e. The quantitative estimate of drug-likeness (QED) is 0.743. The second-order valence-electron chi connectivity index (χ2n) is 8.30. The number of rotatable bonds is 2. The number of amides is 2. The van der Waals surface area contributed by atoms with Gasteiger partial charge in [0.15, 0.2) is 5.78 Å². The molecule has 0 saturated carbocycles. The highest BCUT2D eigenvalue weighted by atomic mass is 16.2. The minimum atomic E-state index is -0.665. The monoisotopic (exact) mass is 386 g/mol. The first-order valence-corrected chi connectivity index (χ1v) is 9.89. The summed E-state index contributed by atoms with van der Waals surface area (Å²) in [7, 11) is 0. The number of carbonyl (C=O) groups excluding carboxylic acids is 3. The summed E-state index contributed by atoms with van der Waals surface area (Å²) >= 11 is 0. The molecule has 0 radical (unpaired) electrons. The van der Waals surface area contributed by atoms with E-state index in [1.54, 1.807) is 0 Å². The molecule has 0 spiro atoms. The van der Waals surface area contributed by atoms with Crippen LogP contribution in [0.4, 0.5) is 5.69 Å². The second kappa shape index (κ2) is 6.14. The Morgan fingerprint density at radius 1 is 0.931 bits per heavy atom. The molecule has 0 aliphatic carbocycles. The summed E-state index contributed by atoms with van der Waals surface area (Å²) in [6.45, 7) is 5.41. The highest BCUT2D eigenvalue weighted by molar-refractivity contribution is 6.24. The minimum absolute atomic E-state index is 0.0880. The lowest BCUT2D eigenvalue weighted by Crippen LogP contribution is -2.43. The first-order valence-electron chi connectivity index (χ1n) is 9.89. The molecule has 2 amide bonds. The molecule has 4 unspecified atom stereocenters. The van der Waals surface area contributed by atoms with Gasteiger partial charge in [-0.25, -0.2) is 4.90 Å². The highest BCUT2D eigenvalue weighted by Gasteiger charge is 2.63. The molecule has 2 fully saturated rings. The van der Waals surface area contributed by atoms with Gasteiger partial charge in [-0.3, -0.25) is 14.4 Å². The fourth-order valence-electron chi connectivity index (χ4n) is 5.36. The fourth-order valence-corrected chi connectivity index (χ4v) is 5.36. The molecule has 3 aliphatic rings. The van der Waals surface area contributed by atoms with E-state index in [2.05, 4.69) is 0 Å². The summed E-state index contributed by atoms with van der Waals surface area (Å²) in [5.41, 5.74) is 4.61. The normalized spacial score (nSPS) is 27.1. The molecule has 5 heteroatoms. The summed E-state index contributed by atoms with van der Waals surface area (Å²) in [6, 6.07) is 12.7. The second-order valence-corrected chi connectivity index (χ2v) is 8.30. The van der Waals surface area contributed by atoms with Crippen LogP contribution in [0.25, 0.3) is 6.08 Å². The largest absolute Gasteiger partial charge is 0.359 e. The van der Waals surface area contributed by atoms with Gasteiger partial charge in [0, 0.05) is 6.20 Å². The fraction of sp³-hybridized carbons (Fsp3) is 0.292. The van der Waals surface area contributed by atoms with E-state index in [0.717, 1.165) is 22.3 Å². The first kappa shape index (κ1) is 17.9. The third kappa shape index (κ3) is 2.43. The average Bonchev–Trinajstić information content (AvgIpc) is 3.14. The smallest absolute Gasteiger partial charge is 0.240 e. The van der Waals surface area contributed by atoms with E-state index in [0.29, 0.717) is 5.69 Å². The van der Waals surface area contributed by atoms with Crippen molar-refractivity contribution in [1.29, 1.82) is 0 Å². The topological polar surface area (TPSA) is 57.7 Å². The maximum absolute atomic E-state index is 13.6. The number of anilines is 1. The van der Waals surface area contributed by atoms with E-state index in [9.17, 15) is 14.4 Å². The number of benzene rings is 2. The molecule has 3 heterocycles. The first-order chi connectivity index (χ1) is 13.9. The number of hydrogen-bond acceptors (Lipinski definition) is 4. The SMILES string of the molecule is CC(=O)C1C2C(=O)N(c3cc(C)cc(C)c3)C(=O)C2C2c3ccccc3C=CN12. The van der Waals surface area contributed by atoms with Gasteiger partial charge in [-0.2, -0.15) is 0 Å². The summed E-state index contributed by atoms with van der Waals surface area (Å²) < 4.78 is 0. The van der Waals surface area contributed by atoms with E-state index in [1.165, 1.54) is 11.8 Å². The number of imide groups is 1. The Hall–Kier alpha value is -3.21. The Labute approximate surface area is 169 Å². The van der Waals surface area contributed by atoms with Crippen molar-refractivity contribution >= 4 is 29.4 Å².